The van der Waals surface area contributed by atoms with Gasteiger partial charge in [-0.1, -0.05) is 12.1 Å². The Morgan fingerprint density at radius 1 is 1.22 bits per heavy atom. The molecule has 0 radical (unpaired) electrons. The van der Waals surface area contributed by atoms with E-state index in [9.17, 15) is 4.79 Å². The van der Waals surface area contributed by atoms with E-state index in [0.717, 1.165) is 5.69 Å². The molecule has 0 aliphatic heterocycles. The van der Waals surface area contributed by atoms with Gasteiger partial charge >= 0.3 is 5.97 Å². The maximum atomic E-state index is 11.8. The SMILES string of the molecule is COCCNc1nc(C)cc(Nc2ccccc2C(=O)OC)n1. The smallest absolute Gasteiger partial charge is 0.339 e. The molecule has 0 atom stereocenters. The van der Waals surface area contributed by atoms with Crippen molar-refractivity contribution in [2.75, 3.05) is 38.0 Å². The molecule has 1 aromatic heterocycles. The van der Waals surface area contributed by atoms with Crippen LogP contribution >= 0.6 is 0 Å². The van der Waals surface area contributed by atoms with Crippen LogP contribution in [0.25, 0.3) is 0 Å². The monoisotopic (exact) mass is 316 g/mol. The molecule has 0 saturated heterocycles. The third-order valence-corrected chi connectivity index (χ3v) is 3.04. The Morgan fingerprint density at radius 2 is 2.00 bits per heavy atom. The zero-order valence-electron chi connectivity index (χ0n) is 13.4. The topological polar surface area (TPSA) is 85.4 Å². The van der Waals surface area contributed by atoms with Crippen LogP contribution in [-0.4, -0.2) is 43.3 Å². The number of nitrogens with one attached hydrogen (secondary N) is 2. The first-order valence-electron chi connectivity index (χ1n) is 7.17. The summed E-state index contributed by atoms with van der Waals surface area (Å²) < 4.78 is 9.78. The molecule has 0 aliphatic rings. The van der Waals surface area contributed by atoms with Crippen LogP contribution in [0.4, 0.5) is 17.5 Å². The van der Waals surface area contributed by atoms with Crippen molar-refractivity contribution in [1.82, 2.24) is 9.97 Å². The number of aryl methyl sites for hydroxylation is 1. The van der Waals surface area contributed by atoms with Crippen molar-refractivity contribution in [3.63, 3.8) is 0 Å². The molecule has 0 saturated carbocycles. The van der Waals surface area contributed by atoms with Gasteiger partial charge in [-0.15, -0.1) is 0 Å². The third-order valence-electron chi connectivity index (χ3n) is 3.04. The van der Waals surface area contributed by atoms with E-state index in [1.54, 1.807) is 31.4 Å². The fourth-order valence-electron chi connectivity index (χ4n) is 1.99. The standard InChI is InChI=1S/C16H20N4O3/c1-11-10-14(20-16(18-11)17-8-9-22-2)19-13-7-5-4-6-12(13)15(21)23-3/h4-7,10H,8-9H2,1-3H3,(H2,17,18,19,20). The summed E-state index contributed by atoms with van der Waals surface area (Å²) in [5, 5.41) is 6.22. The molecule has 23 heavy (non-hydrogen) atoms. The number of carbonyl (C=O) groups is 1. The number of nitrogens with zero attached hydrogens (tertiary/aromatic N) is 2. The van der Waals surface area contributed by atoms with E-state index in [1.807, 2.05) is 13.0 Å². The molecule has 0 spiro atoms. The van der Waals surface area contributed by atoms with Crippen molar-refractivity contribution in [1.29, 1.82) is 0 Å². The summed E-state index contributed by atoms with van der Waals surface area (Å²) in [6.07, 6.45) is 0. The van der Waals surface area contributed by atoms with E-state index < -0.39 is 5.97 Å². The molecule has 2 aromatic rings. The minimum atomic E-state index is -0.405. The van der Waals surface area contributed by atoms with E-state index in [4.69, 9.17) is 9.47 Å². The Hall–Kier alpha value is -2.67. The van der Waals surface area contributed by atoms with Crippen LogP contribution in [0, 0.1) is 6.92 Å². The molecule has 0 fully saturated rings. The van der Waals surface area contributed by atoms with Crippen molar-refractivity contribution in [2.45, 2.75) is 6.92 Å². The first kappa shape index (κ1) is 16.7. The van der Waals surface area contributed by atoms with Gasteiger partial charge in [0.05, 0.1) is 25.0 Å². The predicted octanol–water partition coefficient (Wildman–Crippen LogP) is 2.37. The van der Waals surface area contributed by atoms with Crippen LogP contribution in [0.15, 0.2) is 30.3 Å². The van der Waals surface area contributed by atoms with Crippen molar-refractivity contribution in [2.24, 2.45) is 0 Å². The highest BCUT2D eigenvalue weighted by Gasteiger charge is 2.12. The van der Waals surface area contributed by atoms with Crippen LogP contribution in [0.1, 0.15) is 16.1 Å². The Kier molecular flexibility index (Phi) is 5.87. The molecule has 0 amide bonds. The van der Waals surface area contributed by atoms with E-state index in [1.165, 1.54) is 7.11 Å². The quantitative estimate of drug-likeness (QED) is 0.599. The van der Waals surface area contributed by atoms with E-state index in [0.29, 0.717) is 36.2 Å². The second-order valence-corrected chi connectivity index (χ2v) is 4.80. The second-order valence-electron chi connectivity index (χ2n) is 4.80. The average molecular weight is 316 g/mol. The van der Waals surface area contributed by atoms with Crippen molar-refractivity contribution >= 4 is 23.4 Å². The first-order chi connectivity index (χ1) is 11.1. The fourth-order valence-corrected chi connectivity index (χ4v) is 1.99. The number of aromatic nitrogens is 2. The second kappa shape index (κ2) is 8.09. The van der Waals surface area contributed by atoms with Gasteiger partial charge in [0, 0.05) is 25.4 Å². The highest BCUT2D eigenvalue weighted by molar-refractivity contribution is 5.96. The van der Waals surface area contributed by atoms with Gasteiger partial charge in [-0.25, -0.2) is 9.78 Å². The summed E-state index contributed by atoms with van der Waals surface area (Å²) >= 11 is 0. The molecule has 0 bridgehead atoms. The van der Waals surface area contributed by atoms with Gasteiger partial charge < -0.3 is 20.1 Å². The largest absolute Gasteiger partial charge is 0.465 e. The molecule has 7 nitrogen and oxygen atoms in total. The Balaban J connectivity index is 2.21. The maximum Gasteiger partial charge on any atom is 0.339 e. The molecule has 2 N–H and O–H groups in total. The molecule has 0 unspecified atom stereocenters. The Morgan fingerprint density at radius 3 is 2.74 bits per heavy atom. The molecular weight excluding hydrogens is 296 g/mol. The number of ether oxygens (including phenoxy) is 2. The van der Waals surface area contributed by atoms with Gasteiger partial charge in [-0.2, -0.15) is 4.98 Å². The molecule has 0 aliphatic carbocycles. The van der Waals surface area contributed by atoms with Crippen molar-refractivity contribution in [3.05, 3.63) is 41.6 Å². The molecular formula is C16H20N4O3. The highest BCUT2D eigenvalue weighted by Crippen LogP contribution is 2.21. The lowest BCUT2D eigenvalue weighted by molar-refractivity contribution is 0.0602. The lowest BCUT2D eigenvalue weighted by Gasteiger charge is -2.12. The maximum absolute atomic E-state index is 11.8. The molecule has 2 rings (SSSR count). The van der Waals surface area contributed by atoms with Crippen LogP contribution in [-0.2, 0) is 9.47 Å². The van der Waals surface area contributed by atoms with Crippen molar-refractivity contribution in [3.8, 4) is 0 Å². The van der Waals surface area contributed by atoms with Crippen LogP contribution in [0.3, 0.4) is 0 Å². The Bertz CT molecular complexity index is 676. The number of hydrogen-bond acceptors (Lipinski definition) is 7. The number of para-hydroxylation sites is 1. The van der Waals surface area contributed by atoms with Gasteiger partial charge in [0.15, 0.2) is 0 Å². The number of benzene rings is 1. The van der Waals surface area contributed by atoms with Gasteiger partial charge in [0.25, 0.3) is 0 Å². The first-order valence-corrected chi connectivity index (χ1v) is 7.17. The Labute approximate surface area is 135 Å². The van der Waals surface area contributed by atoms with E-state index >= 15 is 0 Å². The summed E-state index contributed by atoms with van der Waals surface area (Å²) in [6, 6.07) is 8.90. The predicted molar refractivity (Wildman–Crippen MR) is 88.2 cm³/mol. The van der Waals surface area contributed by atoms with Gasteiger partial charge in [-0.05, 0) is 19.1 Å². The molecule has 122 valence electrons. The minimum absolute atomic E-state index is 0.405. The normalized spacial score (nSPS) is 10.2. The average Bonchev–Trinajstić information content (AvgIpc) is 2.54. The number of anilines is 3. The zero-order valence-corrected chi connectivity index (χ0v) is 13.4. The molecule has 7 heteroatoms. The van der Waals surface area contributed by atoms with Gasteiger partial charge in [0.2, 0.25) is 5.95 Å². The van der Waals surface area contributed by atoms with Crippen LogP contribution in [0.5, 0.6) is 0 Å². The van der Waals surface area contributed by atoms with Crippen LogP contribution < -0.4 is 10.6 Å². The summed E-state index contributed by atoms with van der Waals surface area (Å²) in [4.78, 5) is 20.5. The number of hydrogen-bond donors (Lipinski definition) is 2. The van der Waals surface area contributed by atoms with E-state index in [2.05, 4.69) is 20.6 Å². The summed E-state index contributed by atoms with van der Waals surface area (Å²) in [5.74, 6) is 0.686. The van der Waals surface area contributed by atoms with E-state index in [-0.39, 0.29) is 0 Å². The summed E-state index contributed by atoms with van der Waals surface area (Å²) in [7, 11) is 2.99. The number of carbonyl (C=O) groups excluding carboxylic acids is 1. The van der Waals surface area contributed by atoms with Crippen molar-refractivity contribution < 1.29 is 14.3 Å². The van der Waals surface area contributed by atoms with Crippen LogP contribution in [0.2, 0.25) is 0 Å². The zero-order chi connectivity index (χ0) is 16.7. The van der Waals surface area contributed by atoms with Gasteiger partial charge in [0.1, 0.15) is 5.82 Å². The number of esters is 1. The fraction of sp³-hybridized carbons (Fsp3) is 0.312. The highest BCUT2D eigenvalue weighted by atomic mass is 16.5. The number of methoxy groups -OCH3 is 2. The minimum Gasteiger partial charge on any atom is -0.465 e. The molecule has 1 heterocycles. The number of rotatable bonds is 7. The summed E-state index contributed by atoms with van der Waals surface area (Å²) in [6.45, 7) is 3.05. The summed E-state index contributed by atoms with van der Waals surface area (Å²) in [5.41, 5.74) is 1.87. The lowest BCUT2D eigenvalue weighted by Crippen LogP contribution is -2.12. The van der Waals surface area contributed by atoms with Gasteiger partial charge in [-0.3, -0.25) is 0 Å². The molecule has 1 aromatic carbocycles. The third kappa shape index (κ3) is 4.65. The lowest BCUT2D eigenvalue weighted by atomic mass is 10.2.